The first-order chi connectivity index (χ1) is 10.3. The SMILES string of the molecule is CCCC[C@H](N)c1nc(-c2nccc3ccccc23)no1. The number of benzene rings is 1. The van der Waals surface area contributed by atoms with Crippen LogP contribution in [0.5, 0.6) is 0 Å². The van der Waals surface area contributed by atoms with Crippen molar-refractivity contribution >= 4 is 10.8 Å². The molecule has 1 atom stereocenters. The van der Waals surface area contributed by atoms with Crippen molar-refractivity contribution in [2.45, 2.75) is 32.2 Å². The van der Waals surface area contributed by atoms with Crippen LogP contribution in [0.1, 0.15) is 38.1 Å². The smallest absolute Gasteiger partial charge is 0.243 e. The van der Waals surface area contributed by atoms with Crippen LogP contribution >= 0.6 is 0 Å². The Bertz CT molecular complexity index is 732. The number of unbranched alkanes of at least 4 members (excludes halogenated alkanes) is 1. The van der Waals surface area contributed by atoms with Gasteiger partial charge in [-0.2, -0.15) is 4.98 Å². The molecule has 5 nitrogen and oxygen atoms in total. The Hall–Kier alpha value is -2.27. The molecule has 0 aliphatic carbocycles. The highest BCUT2D eigenvalue weighted by Crippen LogP contribution is 2.25. The van der Waals surface area contributed by atoms with E-state index >= 15 is 0 Å². The second-order valence-electron chi connectivity index (χ2n) is 5.09. The molecule has 2 aromatic heterocycles. The highest BCUT2D eigenvalue weighted by molar-refractivity contribution is 5.92. The summed E-state index contributed by atoms with van der Waals surface area (Å²) in [6, 6.07) is 9.77. The predicted octanol–water partition coefficient (Wildman–Crippen LogP) is 3.47. The third-order valence-electron chi connectivity index (χ3n) is 3.51. The maximum atomic E-state index is 6.07. The molecule has 0 saturated heterocycles. The largest absolute Gasteiger partial charge is 0.337 e. The molecule has 0 aliphatic heterocycles. The van der Waals surface area contributed by atoms with Gasteiger partial charge in [-0.25, -0.2) is 0 Å². The van der Waals surface area contributed by atoms with E-state index in [0.717, 1.165) is 35.7 Å². The maximum absolute atomic E-state index is 6.07. The molecule has 2 N–H and O–H groups in total. The summed E-state index contributed by atoms with van der Waals surface area (Å²) in [5.41, 5.74) is 6.80. The molecule has 0 amide bonds. The molecule has 1 aromatic carbocycles. The number of fused-ring (bicyclic) bond motifs is 1. The molecule has 3 rings (SSSR count). The Kier molecular flexibility index (Phi) is 3.92. The van der Waals surface area contributed by atoms with Gasteiger partial charge in [0.05, 0.1) is 6.04 Å². The zero-order valence-corrected chi connectivity index (χ0v) is 12.0. The molecule has 0 spiro atoms. The number of nitrogens with zero attached hydrogens (tertiary/aromatic N) is 3. The first-order valence-electron chi connectivity index (χ1n) is 7.23. The Morgan fingerprint density at radius 1 is 1.24 bits per heavy atom. The summed E-state index contributed by atoms with van der Waals surface area (Å²) in [5, 5.41) is 6.15. The van der Waals surface area contributed by atoms with Crippen LogP contribution in [-0.2, 0) is 0 Å². The van der Waals surface area contributed by atoms with Crippen molar-refractivity contribution in [1.29, 1.82) is 0 Å². The topological polar surface area (TPSA) is 77.8 Å². The monoisotopic (exact) mass is 282 g/mol. The average molecular weight is 282 g/mol. The minimum atomic E-state index is -0.207. The van der Waals surface area contributed by atoms with E-state index in [1.807, 2.05) is 30.3 Å². The van der Waals surface area contributed by atoms with Crippen molar-refractivity contribution in [3.63, 3.8) is 0 Å². The summed E-state index contributed by atoms with van der Waals surface area (Å²) in [6.45, 7) is 2.13. The summed E-state index contributed by atoms with van der Waals surface area (Å²) in [6.07, 6.45) is 4.75. The lowest BCUT2D eigenvalue weighted by atomic mass is 10.1. The Labute approximate surface area is 123 Å². The van der Waals surface area contributed by atoms with Gasteiger partial charge in [0.15, 0.2) is 0 Å². The van der Waals surface area contributed by atoms with Crippen LogP contribution in [0.2, 0.25) is 0 Å². The number of nitrogens with two attached hydrogens (primary N) is 1. The fourth-order valence-electron chi connectivity index (χ4n) is 2.33. The molecule has 5 heteroatoms. The highest BCUT2D eigenvalue weighted by Gasteiger charge is 2.17. The lowest BCUT2D eigenvalue weighted by molar-refractivity contribution is 0.346. The molecule has 2 heterocycles. The third kappa shape index (κ3) is 2.78. The quantitative estimate of drug-likeness (QED) is 0.775. The number of aromatic nitrogens is 3. The predicted molar refractivity (Wildman–Crippen MR) is 81.5 cm³/mol. The van der Waals surface area contributed by atoms with Gasteiger partial charge < -0.3 is 10.3 Å². The van der Waals surface area contributed by atoms with Gasteiger partial charge in [-0.1, -0.05) is 49.2 Å². The minimum Gasteiger partial charge on any atom is -0.337 e. The minimum absolute atomic E-state index is 0.207. The van der Waals surface area contributed by atoms with Gasteiger partial charge in [-0.05, 0) is 17.9 Å². The van der Waals surface area contributed by atoms with Crippen LogP contribution in [0.4, 0.5) is 0 Å². The molecule has 0 radical (unpaired) electrons. The van der Waals surface area contributed by atoms with E-state index in [2.05, 4.69) is 22.0 Å². The Morgan fingerprint density at radius 3 is 2.95 bits per heavy atom. The van der Waals surface area contributed by atoms with Crippen molar-refractivity contribution in [2.75, 3.05) is 0 Å². The summed E-state index contributed by atoms with van der Waals surface area (Å²) >= 11 is 0. The van der Waals surface area contributed by atoms with Crippen LogP contribution in [0.15, 0.2) is 41.1 Å². The molecule has 3 aromatic rings. The Morgan fingerprint density at radius 2 is 2.10 bits per heavy atom. The Balaban J connectivity index is 1.95. The van der Waals surface area contributed by atoms with Crippen LogP contribution in [0.3, 0.4) is 0 Å². The second-order valence-corrected chi connectivity index (χ2v) is 5.09. The number of pyridine rings is 1. The van der Waals surface area contributed by atoms with Crippen molar-refractivity contribution in [3.8, 4) is 11.5 Å². The third-order valence-corrected chi connectivity index (χ3v) is 3.51. The van der Waals surface area contributed by atoms with E-state index in [1.54, 1.807) is 6.20 Å². The zero-order chi connectivity index (χ0) is 14.7. The van der Waals surface area contributed by atoms with Crippen molar-refractivity contribution in [3.05, 3.63) is 42.4 Å². The van der Waals surface area contributed by atoms with E-state index in [1.165, 1.54) is 0 Å². The lowest BCUT2D eigenvalue weighted by Crippen LogP contribution is -2.10. The van der Waals surface area contributed by atoms with Crippen LogP contribution < -0.4 is 5.73 Å². The molecule has 108 valence electrons. The molecule has 0 saturated carbocycles. The standard InChI is InChI=1S/C16H18N4O/c1-2-3-8-13(17)16-19-15(20-21-16)14-12-7-5-4-6-11(12)9-10-18-14/h4-7,9-10,13H,2-3,8,17H2,1H3/t13-/m0/s1. The van der Waals surface area contributed by atoms with Crippen LogP contribution in [0.25, 0.3) is 22.3 Å². The van der Waals surface area contributed by atoms with Gasteiger partial charge in [0.25, 0.3) is 0 Å². The molecular formula is C16H18N4O. The normalized spacial score (nSPS) is 12.7. The van der Waals surface area contributed by atoms with Gasteiger partial charge >= 0.3 is 0 Å². The summed E-state index contributed by atoms with van der Waals surface area (Å²) < 4.78 is 5.30. The van der Waals surface area contributed by atoms with Crippen molar-refractivity contribution < 1.29 is 4.52 Å². The molecular weight excluding hydrogens is 264 g/mol. The van der Waals surface area contributed by atoms with Gasteiger partial charge in [0.1, 0.15) is 5.69 Å². The second kappa shape index (κ2) is 6.01. The first-order valence-corrected chi connectivity index (χ1v) is 7.23. The van der Waals surface area contributed by atoms with E-state index in [4.69, 9.17) is 10.3 Å². The lowest BCUT2D eigenvalue weighted by Gasteiger charge is -2.04. The summed E-state index contributed by atoms with van der Waals surface area (Å²) in [4.78, 5) is 8.80. The highest BCUT2D eigenvalue weighted by atomic mass is 16.5. The fraction of sp³-hybridized carbons (Fsp3) is 0.312. The zero-order valence-electron chi connectivity index (χ0n) is 12.0. The van der Waals surface area contributed by atoms with Gasteiger partial charge in [-0.15, -0.1) is 0 Å². The average Bonchev–Trinajstić information content (AvgIpc) is 3.02. The van der Waals surface area contributed by atoms with Crippen LogP contribution in [0, 0.1) is 0 Å². The van der Waals surface area contributed by atoms with Crippen molar-refractivity contribution in [1.82, 2.24) is 15.1 Å². The van der Waals surface area contributed by atoms with E-state index in [0.29, 0.717) is 11.7 Å². The number of hydrogen-bond donors (Lipinski definition) is 1. The van der Waals surface area contributed by atoms with E-state index in [-0.39, 0.29) is 6.04 Å². The molecule has 0 aliphatic rings. The van der Waals surface area contributed by atoms with Crippen LogP contribution in [-0.4, -0.2) is 15.1 Å². The van der Waals surface area contributed by atoms with E-state index < -0.39 is 0 Å². The van der Waals surface area contributed by atoms with Gasteiger partial charge in [-0.3, -0.25) is 4.98 Å². The van der Waals surface area contributed by atoms with Crippen molar-refractivity contribution in [2.24, 2.45) is 5.73 Å². The number of rotatable bonds is 5. The summed E-state index contributed by atoms with van der Waals surface area (Å²) in [5.74, 6) is 0.974. The van der Waals surface area contributed by atoms with Gasteiger partial charge in [0.2, 0.25) is 11.7 Å². The summed E-state index contributed by atoms with van der Waals surface area (Å²) in [7, 11) is 0. The van der Waals surface area contributed by atoms with E-state index in [9.17, 15) is 0 Å². The number of hydrogen-bond acceptors (Lipinski definition) is 5. The maximum Gasteiger partial charge on any atom is 0.243 e. The fourth-order valence-corrected chi connectivity index (χ4v) is 2.33. The molecule has 0 unspecified atom stereocenters. The molecule has 21 heavy (non-hydrogen) atoms. The molecule has 0 bridgehead atoms. The first kappa shape index (κ1) is 13.7. The molecule has 0 fully saturated rings. The van der Waals surface area contributed by atoms with Gasteiger partial charge in [0, 0.05) is 11.6 Å².